The minimum atomic E-state index is -4.33. The molecule has 0 aliphatic rings. The highest BCUT2D eigenvalue weighted by molar-refractivity contribution is 7.93. The summed E-state index contributed by atoms with van der Waals surface area (Å²) in [6.07, 6.45) is -1.10. The molecule has 0 unspecified atom stereocenters. The maximum Gasteiger partial charge on any atom is 0.289 e. The molecule has 31 heavy (non-hydrogen) atoms. The topological polar surface area (TPSA) is 119 Å². The number of para-hydroxylation sites is 1. The van der Waals surface area contributed by atoms with E-state index < -0.39 is 31.6 Å². The number of rotatable bonds is 8. The predicted molar refractivity (Wildman–Crippen MR) is 117 cm³/mol. The van der Waals surface area contributed by atoms with E-state index in [2.05, 4.69) is 5.10 Å². The second kappa shape index (κ2) is 8.86. The lowest BCUT2D eigenvalue weighted by molar-refractivity contribution is -0.387. The Balaban J connectivity index is 2.01. The van der Waals surface area contributed by atoms with E-state index in [4.69, 9.17) is 0 Å². The molecular formula is C21H24N4O5S. The van der Waals surface area contributed by atoms with Gasteiger partial charge in [-0.15, -0.1) is 0 Å². The van der Waals surface area contributed by atoms with Gasteiger partial charge in [-0.2, -0.15) is 5.10 Å². The molecule has 1 atom stereocenters. The first-order valence-corrected chi connectivity index (χ1v) is 11.1. The molecule has 9 nitrogen and oxygen atoms in total. The fourth-order valence-corrected chi connectivity index (χ4v) is 4.97. The molecule has 3 rings (SSSR count). The van der Waals surface area contributed by atoms with Gasteiger partial charge in [-0.3, -0.25) is 19.1 Å². The van der Waals surface area contributed by atoms with Gasteiger partial charge in [-0.25, -0.2) is 8.42 Å². The van der Waals surface area contributed by atoms with Crippen LogP contribution in [0.5, 0.6) is 0 Å². The molecule has 1 N–H and O–H groups in total. The summed E-state index contributed by atoms with van der Waals surface area (Å²) in [7, 11) is -4.33. The standard InChI is InChI=1S/C21H24N4O5S/c1-15-8-10-18(11-9-15)24(14-19(26)13-23-17(3)12-16(2)22-23)31(29,30)21-7-5-4-6-20(21)25(27)28/h4-12,19,26H,13-14H2,1-3H3/t19-/m1/s1. The number of anilines is 1. The number of hydrogen-bond acceptors (Lipinski definition) is 6. The van der Waals surface area contributed by atoms with E-state index in [9.17, 15) is 23.6 Å². The second-order valence-electron chi connectivity index (χ2n) is 7.36. The van der Waals surface area contributed by atoms with Crippen molar-refractivity contribution in [3.63, 3.8) is 0 Å². The Morgan fingerprint density at radius 2 is 1.77 bits per heavy atom. The fourth-order valence-electron chi connectivity index (χ4n) is 3.31. The lowest BCUT2D eigenvalue weighted by Gasteiger charge is -2.27. The second-order valence-corrected chi connectivity index (χ2v) is 9.19. The fraction of sp³-hybridized carbons (Fsp3) is 0.286. The van der Waals surface area contributed by atoms with Crippen molar-refractivity contribution < 1.29 is 18.4 Å². The highest BCUT2D eigenvalue weighted by atomic mass is 32.2. The third-order valence-corrected chi connectivity index (χ3v) is 6.66. The van der Waals surface area contributed by atoms with Crippen LogP contribution in [0.3, 0.4) is 0 Å². The van der Waals surface area contributed by atoms with Gasteiger partial charge in [0.15, 0.2) is 4.90 Å². The minimum Gasteiger partial charge on any atom is -0.389 e. The zero-order chi connectivity index (χ0) is 22.8. The van der Waals surface area contributed by atoms with Gasteiger partial charge < -0.3 is 5.11 Å². The van der Waals surface area contributed by atoms with Crippen molar-refractivity contribution in [1.29, 1.82) is 0 Å². The molecule has 3 aromatic rings. The first-order chi connectivity index (χ1) is 14.6. The number of aryl methyl sites for hydroxylation is 3. The number of aromatic nitrogens is 2. The number of nitrogens with zero attached hydrogens (tertiary/aromatic N) is 4. The summed E-state index contributed by atoms with van der Waals surface area (Å²) in [5, 5.41) is 26.4. The van der Waals surface area contributed by atoms with Gasteiger partial charge in [0.1, 0.15) is 0 Å². The van der Waals surface area contributed by atoms with Gasteiger partial charge in [-0.1, -0.05) is 29.8 Å². The molecule has 164 valence electrons. The number of aliphatic hydroxyl groups is 1. The van der Waals surface area contributed by atoms with Gasteiger partial charge in [0.05, 0.1) is 35.5 Å². The largest absolute Gasteiger partial charge is 0.389 e. The normalized spacial score (nSPS) is 12.5. The quantitative estimate of drug-likeness (QED) is 0.421. The molecule has 0 saturated heterocycles. The minimum absolute atomic E-state index is 0.0778. The van der Waals surface area contributed by atoms with Gasteiger partial charge >= 0.3 is 0 Å². The van der Waals surface area contributed by atoms with Crippen LogP contribution in [0.2, 0.25) is 0 Å². The highest BCUT2D eigenvalue weighted by Crippen LogP contribution is 2.30. The lowest BCUT2D eigenvalue weighted by atomic mass is 10.2. The molecule has 1 aromatic heterocycles. The lowest BCUT2D eigenvalue weighted by Crippen LogP contribution is -2.39. The number of aliphatic hydroxyl groups excluding tert-OH is 1. The molecule has 0 aliphatic carbocycles. The Hall–Kier alpha value is -3.24. The Morgan fingerprint density at radius 3 is 2.35 bits per heavy atom. The molecule has 0 aliphatic heterocycles. The van der Waals surface area contributed by atoms with Crippen LogP contribution in [0, 0.1) is 30.9 Å². The third kappa shape index (κ3) is 4.92. The Labute approximate surface area is 180 Å². The van der Waals surface area contributed by atoms with Gasteiger partial charge in [-0.05, 0) is 45.0 Å². The van der Waals surface area contributed by atoms with Gasteiger partial charge in [0.2, 0.25) is 0 Å². The Morgan fingerprint density at radius 1 is 1.13 bits per heavy atom. The average Bonchev–Trinajstić information content (AvgIpc) is 3.03. The number of sulfonamides is 1. The SMILES string of the molecule is Cc1ccc(N(C[C@H](O)Cn2nc(C)cc2C)S(=O)(=O)c2ccccc2[N+](=O)[O-])cc1. The van der Waals surface area contributed by atoms with Crippen molar-refractivity contribution >= 4 is 21.4 Å². The van der Waals surface area contributed by atoms with E-state index in [1.54, 1.807) is 28.9 Å². The molecule has 0 spiro atoms. The molecule has 0 amide bonds. The number of hydrogen-bond donors (Lipinski definition) is 1. The van der Waals surface area contributed by atoms with Gasteiger partial charge in [0.25, 0.3) is 15.7 Å². The maximum absolute atomic E-state index is 13.5. The number of benzene rings is 2. The van der Waals surface area contributed by atoms with Crippen molar-refractivity contribution in [1.82, 2.24) is 9.78 Å². The van der Waals surface area contributed by atoms with Crippen LogP contribution in [0.4, 0.5) is 11.4 Å². The average molecular weight is 445 g/mol. The zero-order valence-corrected chi connectivity index (χ0v) is 18.3. The smallest absolute Gasteiger partial charge is 0.289 e. The van der Waals surface area contributed by atoms with Crippen LogP contribution in [0.15, 0.2) is 59.5 Å². The summed E-state index contributed by atoms with van der Waals surface area (Å²) in [5.74, 6) is 0. The van der Waals surface area contributed by atoms with E-state index in [1.165, 1.54) is 18.2 Å². The van der Waals surface area contributed by atoms with E-state index in [-0.39, 0.29) is 13.1 Å². The molecule has 1 heterocycles. The van der Waals surface area contributed by atoms with E-state index in [1.807, 2.05) is 26.8 Å². The molecule has 10 heteroatoms. The van der Waals surface area contributed by atoms with Crippen LogP contribution < -0.4 is 4.31 Å². The summed E-state index contributed by atoms with van der Waals surface area (Å²) in [5.41, 5.74) is 2.33. The highest BCUT2D eigenvalue weighted by Gasteiger charge is 2.33. The molecule has 0 fully saturated rings. The molecule has 0 radical (unpaired) electrons. The third-order valence-electron chi connectivity index (χ3n) is 4.82. The Bertz CT molecular complexity index is 1190. The van der Waals surface area contributed by atoms with Crippen LogP contribution in [-0.4, -0.2) is 40.9 Å². The van der Waals surface area contributed by atoms with Crippen molar-refractivity contribution in [3.05, 3.63) is 81.7 Å². The van der Waals surface area contributed by atoms with Crippen LogP contribution in [0.25, 0.3) is 0 Å². The molecule has 0 saturated carbocycles. The summed E-state index contributed by atoms with van der Waals surface area (Å²) in [4.78, 5) is 10.3. The first-order valence-electron chi connectivity index (χ1n) is 9.61. The summed E-state index contributed by atoms with van der Waals surface area (Å²) < 4.78 is 29.6. The van der Waals surface area contributed by atoms with E-state index >= 15 is 0 Å². The van der Waals surface area contributed by atoms with Crippen LogP contribution >= 0.6 is 0 Å². The van der Waals surface area contributed by atoms with E-state index in [0.717, 1.165) is 27.3 Å². The van der Waals surface area contributed by atoms with Crippen molar-refractivity contribution in [3.8, 4) is 0 Å². The maximum atomic E-state index is 13.5. The van der Waals surface area contributed by atoms with Crippen molar-refractivity contribution in [2.24, 2.45) is 0 Å². The number of nitro benzene ring substituents is 1. The molecule has 2 aromatic carbocycles. The predicted octanol–water partition coefficient (Wildman–Crippen LogP) is 2.97. The van der Waals surface area contributed by atoms with Crippen molar-refractivity contribution in [2.45, 2.75) is 38.3 Å². The monoisotopic (exact) mass is 444 g/mol. The molecular weight excluding hydrogens is 420 g/mol. The summed E-state index contributed by atoms with van der Waals surface area (Å²) >= 11 is 0. The summed E-state index contributed by atoms with van der Waals surface area (Å²) in [6, 6.07) is 13.7. The number of nitro groups is 1. The summed E-state index contributed by atoms with van der Waals surface area (Å²) in [6.45, 7) is 5.31. The zero-order valence-electron chi connectivity index (χ0n) is 17.5. The molecule has 0 bridgehead atoms. The van der Waals surface area contributed by atoms with Crippen LogP contribution in [0.1, 0.15) is 17.0 Å². The van der Waals surface area contributed by atoms with Crippen LogP contribution in [-0.2, 0) is 16.6 Å². The van der Waals surface area contributed by atoms with Gasteiger partial charge in [0, 0.05) is 11.8 Å². The van der Waals surface area contributed by atoms with E-state index in [0.29, 0.717) is 5.69 Å². The first kappa shape index (κ1) is 22.4. The van der Waals surface area contributed by atoms with Crippen molar-refractivity contribution in [2.75, 3.05) is 10.8 Å². The Kier molecular flexibility index (Phi) is 6.42.